The molecule has 0 aliphatic heterocycles. The van der Waals surface area contributed by atoms with E-state index in [1.165, 1.54) is 0 Å². The Morgan fingerprint density at radius 1 is 1.42 bits per heavy atom. The summed E-state index contributed by atoms with van der Waals surface area (Å²) in [7, 11) is 0. The highest BCUT2D eigenvalue weighted by Crippen LogP contribution is 2.21. The standard InChI is InChI=1S/C8H9N3O/c1-5(2)6-3-4-9-8-7(6)12-11-10-8/h3-5H,1-2H3. The van der Waals surface area contributed by atoms with Crippen LogP contribution < -0.4 is 0 Å². The van der Waals surface area contributed by atoms with Crippen LogP contribution in [-0.4, -0.2) is 15.4 Å². The minimum Gasteiger partial charge on any atom is -0.335 e. The molecule has 2 rings (SSSR count). The molecule has 0 spiro atoms. The number of nitrogens with zero attached hydrogens (tertiary/aromatic N) is 3. The van der Waals surface area contributed by atoms with Gasteiger partial charge in [-0.3, -0.25) is 0 Å². The summed E-state index contributed by atoms with van der Waals surface area (Å²) < 4.78 is 4.99. The largest absolute Gasteiger partial charge is 0.335 e. The first-order valence-electron chi connectivity index (χ1n) is 3.86. The van der Waals surface area contributed by atoms with Crippen LogP contribution in [0.5, 0.6) is 0 Å². The minimum absolute atomic E-state index is 0.408. The van der Waals surface area contributed by atoms with Crippen molar-refractivity contribution in [2.45, 2.75) is 19.8 Å². The lowest BCUT2D eigenvalue weighted by molar-refractivity contribution is 0.421. The number of hydrogen-bond donors (Lipinski definition) is 0. The molecule has 0 unspecified atom stereocenters. The predicted octanol–water partition coefficient (Wildman–Crippen LogP) is 1.74. The summed E-state index contributed by atoms with van der Waals surface area (Å²) in [4.78, 5) is 4.02. The summed E-state index contributed by atoms with van der Waals surface area (Å²) in [6.07, 6.45) is 1.72. The van der Waals surface area contributed by atoms with E-state index in [2.05, 4.69) is 29.2 Å². The molecule has 0 fully saturated rings. The lowest BCUT2D eigenvalue weighted by atomic mass is 10.0. The van der Waals surface area contributed by atoms with Crippen molar-refractivity contribution in [2.75, 3.05) is 0 Å². The molecule has 0 aromatic carbocycles. The van der Waals surface area contributed by atoms with Crippen LogP contribution in [0.1, 0.15) is 25.3 Å². The molecule has 0 atom stereocenters. The fourth-order valence-electron chi connectivity index (χ4n) is 1.17. The second-order valence-electron chi connectivity index (χ2n) is 2.98. The van der Waals surface area contributed by atoms with Gasteiger partial charge in [0.25, 0.3) is 0 Å². The molecule has 0 saturated carbocycles. The van der Waals surface area contributed by atoms with E-state index in [0.717, 1.165) is 5.56 Å². The maximum absolute atomic E-state index is 4.99. The van der Waals surface area contributed by atoms with Gasteiger partial charge in [0.05, 0.1) is 0 Å². The Morgan fingerprint density at radius 2 is 2.25 bits per heavy atom. The molecule has 0 saturated heterocycles. The van der Waals surface area contributed by atoms with Gasteiger partial charge in [0, 0.05) is 17.0 Å². The summed E-state index contributed by atoms with van der Waals surface area (Å²) in [5, 5.41) is 7.19. The molecule has 0 N–H and O–H groups in total. The highest BCUT2D eigenvalue weighted by atomic mass is 16.5. The fraction of sp³-hybridized carbons (Fsp3) is 0.375. The van der Waals surface area contributed by atoms with Gasteiger partial charge in [-0.15, -0.1) is 0 Å². The molecule has 0 aliphatic carbocycles. The van der Waals surface area contributed by atoms with Crippen LogP contribution in [0.2, 0.25) is 0 Å². The van der Waals surface area contributed by atoms with E-state index in [1.807, 2.05) is 6.07 Å². The molecule has 2 heterocycles. The third-order valence-electron chi connectivity index (χ3n) is 1.81. The number of pyridine rings is 1. The zero-order valence-electron chi connectivity index (χ0n) is 6.98. The zero-order chi connectivity index (χ0) is 8.55. The van der Waals surface area contributed by atoms with E-state index in [4.69, 9.17) is 4.52 Å². The molecule has 2 aromatic rings. The Hall–Kier alpha value is -1.45. The zero-order valence-corrected chi connectivity index (χ0v) is 6.98. The van der Waals surface area contributed by atoms with Gasteiger partial charge in [-0.05, 0) is 12.0 Å². The summed E-state index contributed by atoms with van der Waals surface area (Å²) in [6.45, 7) is 4.19. The van der Waals surface area contributed by atoms with Crippen LogP contribution in [0.3, 0.4) is 0 Å². The van der Waals surface area contributed by atoms with Crippen LogP contribution >= 0.6 is 0 Å². The third kappa shape index (κ3) is 0.958. The Kier molecular flexibility index (Phi) is 1.53. The minimum atomic E-state index is 0.408. The van der Waals surface area contributed by atoms with Gasteiger partial charge < -0.3 is 4.52 Å². The van der Waals surface area contributed by atoms with Crippen LogP contribution in [0.15, 0.2) is 16.8 Å². The van der Waals surface area contributed by atoms with Gasteiger partial charge in [-0.25, -0.2) is 4.98 Å². The van der Waals surface area contributed by atoms with E-state index in [1.54, 1.807) is 6.20 Å². The first-order chi connectivity index (χ1) is 5.79. The molecule has 0 amide bonds. The topological polar surface area (TPSA) is 51.8 Å². The second kappa shape index (κ2) is 2.55. The molecule has 0 bridgehead atoms. The van der Waals surface area contributed by atoms with Gasteiger partial charge in [0.1, 0.15) is 0 Å². The number of hydrogen-bond acceptors (Lipinski definition) is 4. The number of aromatic nitrogens is 3. The molecular formula is C8H9N3O. The molecule has 12 heavy (non-hydrogen) atoms. The molecular weight excluding hydrogens is 154 g/mol. The number of rotatable bonds is 1. The van der Waals surface area contributed by atoms with Crippen LogP contribution in [0.4, 0.5) is 0 Å². The average Bonchev–Trinajstić information content (AvgIpc) is 2.49. The van der Waals surface area contributed by atoms with Gasteiger partial charge in [-0.1, -0.05) is 18.9 Å². The van der Waals surface area contributed by atoms with Crippen molar-refractivity contribution in [1.82, 2.24) is 15.4 Å². The smallest absolute Gasteiger partial charge is 0.223 e. The van der Waals surface area contributed by atoms with Crippen molar-refractivity contribution in [3.63, 3.8) is 0 Å². The first kappa shape index (κ1) is 7.21. The van der Waals surface area contributed by atoms with Crippen LogP contribution in [-0.2, 0) is 0 Å². The molecule has 4 nitrogen and oxygen atoms in total. The lowest BCUT2D eigenvalue weighted by Gasteiger charge is -2.01. The highest BCUT2D eigenvalue weighted by molar-refractivity contribution is 5.71. The van der Waals surface area contributed by atoms with E-state index in [-0.39, 0.29) is 0 Å². The average molecular weight is 163 g/mol. The second-order valence-corrected chi connectivity index (χ2v) is 2.98. The van der Waals surface area contributed by atoms with Crippen LogP contribution in [0, 0.1) is 0 Å². The maximum atomic E-state index is 4.99. The normalized spacial score (nSPS) is 11.2. The fourth-order valence-corrected chi connectivity index (χ4v) is 1.17. The molecule has 62 valence electrons. The molecule has 0 aliphatic rings. The maximum Gasteiger partial charge on any atom is 0.223 e. The van der Waals surface area contributed by atoms with Crippen molar-refractivity contribution in [3.8, 4) is 0 Å². The third-order valence-corrected chi connectivity index (χ3v) is 1.81. The quantitative estimate of drug-likeness (QED) is 0.642. The summed E-state index contributed by atoms with van der Waals surface area (Å²) in [5.74, 6) is 0.408. The predicted molar refractivity (Wildman–Crippen MR) is 43.7 cm³/mol. The van der Waals surface area contributed by atoms with Crippen molar-refractivity contribution < 1.29 is 4.52 Å². The van der Waals surface area contributed by atoms with Crippen molar-refractivity contribution in [2.24, 2.45) is 0 Å². The van der Waals surface area contributed by atoms with Crippen molar-refractivity contribution >= 4 is 11.2 Å². The highest BCUT2D eigenvalue weighted by Gasteiger charge is 2.09. The van der Waals surface area contributed by atoms with E-state index < -0.39 is 0 Å². The van der Waals surface area contributed by atoms with Gasteiger partial charge in [-0.2, -0.15) is 0 Å². The van der Waals surface area contributed by atoms with Crippen molar-refractivity contribution in [3.05, 3.63) is 17.8 Å². The van der Waals surface area contributed by atoms with Gasteiger partial charge in [0.2, 0.25) is 11.2 Å². The van der Waals surface area contributed by atoms with Crippen molar-refractivity contribution in [1.29, 1.82) is 0 Å². The van der Waals surface area contributed by atoms with E-state index >= 15 is 0 Å². The Morgan fingerprint density at radius 3 is 3.00 bits per heavy atom. The molecule has 0 radical (unpaired) electrons. The number of fused-ring (bicyclic) bond motifs is 1. The van der Waals surface area contributed by atoms with Gasteiger partial charge >= 0.3 is 0 Å². The molecule has 4 heteroatoms. The summed E-state index contributed by atoms with van der Waals surface area (Å²) >= 11 is 0. The molecule has 2 aromatic heterocycles. The monoisotopic (exact) mass is 163 g/mol. The Bertz CT molecular complexity index is 394. The van der Waals surface area contributed by atoms with Crippen LogP contribution in [0.25, 0.3) is 11.2 Å². The van der Waals surface area contributed by atoms with Gasteiger partial charge in [0.15, 0.2) is 0 Å². The van der Waals surface area contributed by atoms with E-state index in [0.29, 0.717) is 17.1 Å². The SMILES string of the molecule is CC(C)c1ccnc2nnoc12. The Labute approximate surface area is 69.6 Å². The lowest BCUT2D eigenvalue weighted by Crippen LogP contribution is -1.88. The Balaban J connectivity index is 2.73. The van der Waals surface area contributed by atoms with E-state index in [9.17, 15) is 0 Å². The summed E-state index contributed by atoms with van der Waals surface area (Å²) in [6, 6.07) is 1.93. The summed E-state index contributed by atoms with van der Waals surface area (Å²) in [5.41, 5.74) is 2.39. The first-order valence-corrected chi connectivity index (χ1v) is 3.86.